The van der Waals surface area contributed by atoms with Crippen LogP contribution in [0.3, 0.4) is 0 Å². The van der Waals surface area contributed by atoms with Gasteiger partial charge in [0.1, 0.15) is 5.52 Å². The highest BCUT2D eigenvalue weighted by Gasteiger charge is 2.16. The minimum absolute atomic E-state index is 0.117. The van der Waals surface area contributed by atoms with Crippen molar-refractivity contribution in [3.8, 4) is 0 Å². The van der Waals surface area contributed by atoms with E-state index in [9.17, 15) is 9.59 Å². The molecule has 2 aromatic carbocycles. The van der Waals surface area contributed by atoms with Gasteiger partial charge in [0.15, 0.2) is 0 Å². The molecule has 2 heterocycles. The number of carbonyl (C=O) groups is 1. The summed E-state index contributed by atoms with van der Waals surface area (Å²) < 4.78 is 1.25. The van der Waals surface area contributed by atoms with Crippen molar-refractivity contribution in [1.29, 1.82) is 0 Å². The largest absolute Gasteiger partial charge is 0.352 e. The molecule has 1 aliphatic rings. The number of fused-ring (bicyclic) bond motifs is 1. The van der Waals surface area contributed by atoms with Crippen molar-refractivity contribution in [2.45, 2.75) is 45.8 Å². The Bertz CT molecular complexity index is 1090. The molecule has 1 aliphatic heterocycles. The Hall–Kier alpha value is -3.06. The average molecular weight is 420 g/mol. The third kappa shape index (κ3) is 5.55. The number of hydrogen-bond donors (Lipinski definition) is 1. The molecule has 1 atom stereocenters. The molecule has 1 aromatic heterocycles. The summed E-state index contributed by atoms with van der Waals surface area (Å²) in [6.45, 7) is 6.32. The van der Waals surface area contributed by atoms with Crippen LogP contribution in [0.4, 0.5) is 0 Å². The Kier molecular flexibility index (Phi) is 6.72. The van der Waals surface area contributed by atoms with Crippen LogP contribution in [0.1, 0.15) is 37.3 Å². The van der Waals surface area contributed by atoms with Gasteiger partial charge in [-0.15, -0.1) is 5.10 Å². The second-order valence-electron chi connectivity index (χ2n) is 8.46. The Morgan fingerprint density at radius 1 is 1.13 bits per heavy atom. The number of amides is 1. The summed E-state index contributed by atoms with van der Waals surface area (Å²) in [6.07, 6.45) is 2.79. The number of rotatable bonds is 7. The molecule has 0 spiro atoms. The van der Waals surface area contributed by atoms with Gasteiger partial charge >= 0.3 is 0 Å². The van der Waals surface area contributed by atoms with Gasteiger partial charge in [0.05, 0.1) is 11.9 Å². The molecule has 1 saturated heterocycles. The quantitative estimate of drug-likeness (QED) is 0.637. The Labute approximate surface area is 182 Å². The molecule has 0 saturated carbocycles. The molecule has 162 valence electrons. The highest BCUT2D eigenvalue weighted by atomic mass is 16.2. The van der Waals surface area contributed by atoms with Crippen LogP contribution in [0.2, 0.25) is 0 Å². The number of carbonyl (C=O) groups excluding carboxylic acids is 1. The lowest BCUT2D eigenvalue weighted by Gasteiger charge is -2.30. The maximum absolute atomic E-state index is 12.4. The maximum Gasteiger partial charge on any atom is 0.277 e. The first-order valence-corrected chi connectivity index (χ1v) is 11.0. The van der Waals surface area contributed by atoms with E-state index in [1.165, 1.54) is 36.2 Å². The molecular formula is C24H29N5O2. The SMILES string of the molecule is C[C@H]1CCCN(Cc2ccc(CNC(=O)CCn3nnc4ccccc4c3=O)cc2)C1. The van der Waals surface area contributed by atoms with Gasteiger partial charge in [0.25, 0.3) is 5.56 Å². The van der Waals surface area contributed by atoms with Crippen molar-refractivity contribution in [1.82, 2.24) is 25.2 Å². The highest BCUT2D eigenvalue weighted by molar-refractivity contribution is 5.77. The van der Waals surface area contributed by atoms with Crippen molar-refractivity contribution in [2.24, 2.45) is 5.92 Å². The van der Waals surface area contributed by atoms with E-state index in [-0.39, 0.29) is 24.4 Å². The third-order valence-electron chi connectivity index (χ3n) is 5.84. The molecule has 1 N–H and O–H groups in total. The van der Waals surface area contributed by atoms with E-state index < -0.39 is 0 Å². The van der Waals surface area contributed by atoms with Gasteiger partial charge in [-0.3, -0.25) is 14.5 Å². The van der Waals surface area contributed by atoms with Crippen LogP contribution in [-0.2, 0) is 24.4 Å². The summed E-state index contributed by atoms with van der Waals surface area (Å²) in [4.78, 5) is 27.2. The third-order valence-corrected chi connectivity index (χ3v) is 5.84. The number of hydrogen-bond acceptors (Lipinski definition) is 5. The molecule has 0 bridgehead atoms. The van der Waals surface area contributed by atoms with Gasteiger partial charge in [0.2, 0.25) is 5.91 Å². The summed E-state index contributed by atoms with van der Waals surface area (Å²) in [5.41, 5.74) is 2.70. The van der Waals surface area contributed by atoms with E-state index in [1.807, 2.05) is 6.07 Å². The highest BCUT2D eigenvalue weighted by Crippen LogP contribution is 2.18. The minimum Gasteiger partial charge on any atom is -0.352 e. The monoisotopic (exact) mass is 419 g/mol. The number of aromatic nitrogens is 3. The predicted molar refractivity (Wildman–Crippen MR) is 120 cm³/mol. The fourth-order valence-electron chi connectivity index (χ4n) is 4.12. The smallest absolute Gasteiger partial charge is 0.277 e. The number of nitrogens with one attached hydrogen (secondary N) is 1. The topological polar surface area (TPSA) is 80.1 Å². The van der Waals surface area contributed by atoms with Crippen molar-refractivity contribution in [3.63, 3.8) is 0 Å². The first-order valence-electron chi connectivity index (χ1n) is 11.0. The predicted octanol–water partition coefficient (Wildman–Crippen LogP) is 2.73. The number of nitrogens with zero attached hydrogens (tertiary/aromatic N) is 4. The minimum atomic E-state index is -0.225. The van der Waals surface area contributed by atoms with Gasteiger partial charge in [-0.25, -0.2) is 4.68 Å². The summed E-state index contributed by atoms with van der Waals surface area (Å²) >= 11 is 0. The van der Waals surface area contributed by atoms with Gasteiger partial charge in [-0.1, -0.05) is 48.5 Å². The van der Waals surface area contributed by atoms with Crippen molar-refractivity contribution in [3.05, 3.63) is 70.0 Å². The first kappa shape index (κ1) is 21.2. The zero-order chi connectivity index (χ0) is 21.6. The standard InChI is InChI=1S/C24H29N5O2/c1-18-5-4-13-28(16-18)17-20-10-8-19(9-11-20)15-25-23(30)12-14-29-24(31)21-6-2-3-7-22(21)26-27-29/h2-3,6-11,18H,4-5,12-17H2,1H3,(H,25,30)/t18-/m0/s1. The van der Waals surface area contributed by atoms with Gasteiger partial charge in [-0.05, 0) is 48.6 Å². The molecule has 3 aromatic rings. The number of piperidine rings is 1. The Balaban J connectivity index is 1.25. The van der Waals surface area contributed by atoms with Crippen LogP contribution in [0, 0.1) is 5.92 Å². The molecule has 7 heteroatoms. The summed E-state index contributed by atoms with van der Waals surface area (Å²) in [7, 11) is 0. The lowest BCUT2D eigenvalue weighted by atomic mass is 9.99. The van der Waals surface area contributed by atoms with Crippen molar-refractivity contribution < 1.29 is 4.79 Å². The molecular weight excluding hydrogens is 390 g/mol. The zero-order valence-electron chi connectivity index (χ0n) is 18.0. The molecule has 0 radical (unpaired) electrons. The summed E-state index contributed by atoms with van der Waals surface area (Å²) in [5, 5.41) is 11.4. The normalized spacial score (nSPS) is 17.0. The Morgan fingerprint density at radius 3 is 2.71 bits per heavy atom. The number of benzene rings is 2. The summed E-state index contributed by atoms with van der Waals surface area (Å²) in [6, 6.07) is 15.5. The molecule has 4 rings (SSSR count). The van der Waals surface area contributed by atoms with Gasteiger partial charge < -0.3 is 5.32 Å². The number of aryl methyl sites for hydroxylation is 1. The Morgan fingerprint density at radius 2 is 1.90 bits per heavy atom. The van der Waals surface area contributed by atoms with Crippen LogP contribution >= 0.6 is 0 Å². The van der Waals surface area contributed by atoms with E-state index in [4.69, 9.17) is 0 Å². The fourth-order valence-corrected chi connectivity index (χ4v) is 4.12. The second kappa shape index (κ2) is 9.83. The van der Waals surface area contributed by atoms with E-state index in [0.717, 1.165) is 18.0 Å². The average Bonchev–Trinajstić information content (AvgIpc) is 2.78. The van der Waals surface area contributed by atoms with Crippen LogP contribution in [0.25, 0.3) is 10.9 Å². The van der Waals surface area contributed by atoms with Crippen molar-refractivity contribution in [2.75, 3.05) is 13.1 Å². The van der Waals surface area contributed by atoms with Crippen LogP contribution in [-0.4, -0.2) is 38.9 Å². The summed E-state index contributed by atoms with van der Waals surface area (Å²) in [5.74, 6) is 0.660. The van der Waals surface area contributed by atoms with Crippen molar-refractivity contribution >= 4 is 16.8 Å². The van der Waals surface area contributed by atoms with Crippen LogP contribution in [0.15, 0.2) is 53.3 Å². The molecule has 0 unspecified atom stereocenters. The first-order chi connectivity index (χ1) is 15.1. The van der Waals surface area contributed by atoms with Crippen LogP contribution in [0.5, 0.6) is 0 Å². The van der Waals surface area contributed by atoms with Gasteiger partial charge in [0, 0.05) is 26.1 Å². The van der Waals surface area contributed by atoms with Crippen LogP contribution < -0.4 is 10.9 Å². The van der Waals surface area contributed by atoms with E-state index in [0.29, 0.717) is 17.4 Å². The molecule has 1 fully saturated rings. The lowest BCUT2D eigenvalue weighted by molar-refractivity contribution is -0.121. The molecule has 31 heavy (non-hydrogen) atoms. The molecule has 1 amide bonds. The van der Waals surface area contributed by atoms with E-state index in [1.54, 1.807) is 18.2 Å². The maximum atomic E-state index is 12.4. The zero-order valence-corrected chi connectivity index (χ0v) is 18.0. The molecule has 0 aliphatic carbocycles. The number of likely N-dealkylation sites (tertiary alicyclic amines) is 1. The molecule has 7 nitrogen and oxygen atoms in total. The lowest BCUT2D eigenvalue weighted by Crippen LogP contribution is -2.33. The fraction of sp³-hybridized carbons (Fsp3) is 0.417. The van der Waals surface area contributed by atoms with Gasteiger partial charge in [-0.2, -0.15) is 0 Å². The second-order valence-corrected chi connectivity index (χ2v) is 8.46. The van der Waals surface area contributed by atoms with E-state index >= 15 is 0 Å². The van der Waals surface area contributed by atoms with E-state index in [2.05, 4.69) is 51.7 Å².